The fraction of sp³-hybridized carbons (Fsp3) is 0.933. The van der Waals surface area contributed by atoms with Gasteiger partial charge in [0.1, 0.15) is 0 Å². The molecule has 0 N–H and O–H groups in total. The lowest BCUT2D eigenvalue weighted by atomic mass is 9.75. The van der Waals surface area contributed by atoms with E-state index in [1.165, 1.54) is 51.4 Å². The summed E-state index contributed by atoms with van der Waals surface area (Å²) in [5, 5.41) is 0. The highest BCUT2D eigenvalue weighted by Crippen LogP contribution is 2.35. The third-order valence-corrected chi connectivity index (χ3v) is 3.98. The second-order valence-corrected chi connectivity index (χ2v) is 5.31. The van der Waals surface area contributed by atoms with Gasteiger partial charge in [0, 0.05) is 6.42 Å². The van der Waals surface area contributed by atoms with E-state index >= 15 is 0 Å². The summed E-state index contributed by atoms with van der Waals surface area (Å²) in [4.78, 5) is 11.6. The molecule has 0 aromatic carbocycles. The lowest BCUT2D eigenvalue weighted by molar-refractivity contribution is -0.145. The van der Waals surface area contributed by atoms with Crippen LogP contribution in [0, 0.1) is 11.8 Å². The summed E-state index contributed by atoms with van der Waals surface area (Å²) < 4.78 is 5.08. The van der Waals surface area contributed by atoms with Crippen LogP contribution >= 0.6 is 0 Å². The van der Waals surface area contributed by atoms with Crippen molar-refractivity contribution in [3.8, 4) is 0 Å². The molecule has 1 rings (SSSR count). The Hall–Kier alpha value is -0.530. The zero-order valence-corrected chi connectivity index (χ0v) is 11.5. The van der Waals surface area contributed by atoms with E-state index in [9.17, 15) is 4.79 Å². The average Bonchev–Trinajstić information content (AvgIpc) is 2.32. The smallest absolute Gasteiger partial charge is 0.306 e. The molecule has 100 valence electrons. The van der Waals surface area contributed by atoms with E-state index in [4.69, 9.17) is 4.74 Å². The minimum absolute atomic E-state index is 0.0138. The molecule has 0 saturated heterocycles. The second kappa shape index (κ2) is 8.54. The van der Waals surface area contributed by atoms with E-state index in [-0.39, 0.29) is 5.97 Å². The highest BCUT2D eigenvalue weighted by molar-refractivity contribution is 5.69. The minimum atomic E-state index is 0.0138. The van der Waals surface area contributed by atoms with E-state index < -0.39 is 0 Å². The van der Waals surface area contributed by atoms with Crippen LogP contribution in [0.15, 0.2) is 0 Å². The lowest BCUT2D eigenvalue weighted by Gasteiger charge is -2.31. The number of hydrogen-bond donors (Lipinski definition) is 0. The Kier molecular flexibility index (Phi) is 7.30. The molecule has 0 aromatic rings. The van der Waals surface area contributed by atoms with Gasteiger partial charge in [0.25, 0.3) is 0 Å². The van der Waals surface area contributed by atoms with Crippen LogP contribution in [0.2, 0.25) is 0 Å². The van der Waals surface area contributed by atoms with Crippen LogP contribution in [0.25, 0.3) is 0 Å². The van der Waals surface area contributed by atoms with Gasteiger partial charge in [-0.3, -0.25) is 4.79 Å². The minimum Gasteiger partial charge on any atom is -0.466 e. The Morgan fingerprint density at radius 3 is 2.47 bits per heavy atom. The molecule has 1 aliphatic rings. The van der Waals surface area contributed by atoms with Crippen molar-refractivity contribution in [3.63, 3.8) is 0 Å². The summed E-state index contributed by atoms with van der Waals surface area (Å²) in [7, 11) is 0. The number of rotatable bonds is 7. The summed E-state index contributed by atoms with van der Waals surface area (Å²) in [6.07, 6.45) is 11.1. The molecule has 2 atom stereocenters. The van der Waals surface area contributed by atoms with Crippen LogP contribution in [0.5, 0.6) is 0 Å². The van der Waals surface area contributed by atoms with Crippen LogP contribution in [-0.4, -0.2) is 12.6 Å². The van der Waals surface area contributed by atoms with Crippen molar-refractivity contribution >= 4 is 5.97 Å². The predicted molar refractivity (Wildman–Crippen MR) is 70.8 cm³/mol. The van der Waals surface area contributed by atoms with E-state index in [2.05, 4.69) is 6.92 Å². The second-order valence-electron chi connectivity index (χ2n) is 5.31. The maximum absolute atomic E-state index is 11.6. The standard InChI is InChI=1S/C15H28O2/c1-3-5-6-9-13-10-7-8-11-14(13)12-15(16)17-4-2/h13-14H,3-12H2,1-2H3/t13-,14-/m0/s1. The molecule has 17 heavy (non-hydrogen) atoms. The number of hydrogen-bond acceptors (Lipinski definition) is 2. The fourth-order valence-corrected chi connectivity index (χ4v) is 3.02. The predicted octanol–water partition coefficient (Wildman–Crippen LogP) is 4.33. The zero-order chi connectivity index (χ0) is 12.5. The Labute approximate surface area is 106 Å². The first-order valence-electron chi connectivity index (χ1n) is 7.43. The number of carbonyl (C=O) groups is 1. The van der Waals surface area contributed by atoms with E-state index in [1.54, 1.807) is 0 Å². The lowest BCUT2D eigenvalue weighted by Crippen LogP contribution is -2.23. The zero-order valence-electron chi connectivity index (χ0n) is 11.5. The van der Waals surface area contributed by atoms with Crippen molar-refractivity contribution in [2.24, 2.45) is 11.8 Å². The monoisotopic (exact) mass is 240 g/mol. The summed E-state index contributed by atoms with van der Waals surface area (Å²) in [5.41, 5.74) is 0. The summed E-state index contributed by atoms with van der Waals surface area (Å²) in [6, 6.07) is 0. The van der Waals surface area contributed by atoms with Crippen LogP contribution < -0.4 is 0 Å². The molecule has 1 aliphatic carbocycles. The molecule has 2 nitrogen and oxygen atoms in total. The fourth-order valence-electron chi connectivity index (χ4n) is 3.02. The highest BCUT2D eigenvalue weighted by atomic mass is 16.5. The third kappa shape index (κ3) is 5.56. The van der Waals surface area contributed by atoms with Crippen molar-refractivity contribution < 1.29 is 9.53 Å². The summed E-state index contributed by atoms with van der Waals surface area (Å²) in [5.74, 6) is 1.39. The van der Waals surface area contributed by atoms with Crippen molar-refractivity contribution in [1.29, 1.82) is 0 Å². The molecule has 0 unspecified atom stereocenters. The van der Waals surface area contributed by atoms with Crippen LogP contribution in [0.3, 0.4) is 0 Å². The molecule has 1 saturated carbocycles. The van der Waals surface area contributed by atoms with Crippen LogP contribution in [0.1, 0.15) is 71.6 Å². The largest absolute Gasteiger partial charge is 0.466 e. The molecule has 0 aliphatic heterocycles. The first-order chi connectivity index (χ1) is 8.27. The van der Waals surface area contributed by atoms with Crippen LogP contribution in [-0.2, 0) is 9.53 Å². The summed E-state index contributed by atoms with van der Waals surface area (Å²) >= 11 is 0. The number of unbranched alkanes of at least 4 members (excludes halogenated alkanes) is 2. The average molecular weight is 240 g/mol. The van der Waals surface area contributed by atoms with Gasteiger partial charge in [0.05, 0.1) is 6.61 Å². The Morgan fingerprint density at radius 1 is 1.12 bits per heavy atom. The van der Waals surface area contributed by atoms with Crippen molar-refractivity contribution in [1.82, 2.24) is 0 Å². The maximum Gasteiger partial charge on any atom is 0.306 e. The molecule has 0 amide bonds. The number of carbonyl (C=O) groups excluding carboxylic acids is 1. The van der Waals surface area contributed by atoms with Gasteiger partial charge in [-0.25, -0.2) is 0 Å². The third-order valence-electron chi connectivity index (χ3n) is 3.98. The molecule has 0 spiro atoms. The molecule has 0 bridgehead atoms. The van der Waals surface area contributed by atoms with Gasteiger partial charge in [-0.1, -0.05) is 51.9 Å². The number of ether oxygens (including phenoxy) is 1. The van der Waals surface area contributed by atoms with Crippen LogP contribution in [0.4, 0.5) is 0 Å². The van der Waals surface area contributed by atoms with Gasteiger partial charge in [-0.15, -0.1) is 0 Å². The van der Waals surface area contributed by atoms with Gasteiger partial charge in [-0.2, -0.15) is 0 Å². The number of esters is 1. The first kappa shape index (κ1) is 14.5. The van der Waals surface area contributed by atoms with E-state index in [0.29, 0.717) is 18.9 Å². The quantitative estimate of drug-likeness (QED) is 0.489. The van der Waals surface area contributed by atoms with Crippen molar-refractivity contribution in [2.45, 2.75) is 71.6 Å². The van der Waals surface area contributed by atoms with Gasteiger partial charge >= 0.3 is 5.97 Å². The van der Waals surface area contributed by atoms with Gasteiger partial charge in [0.15, 0.2) is 0 Å². The van der Waals surface area contributed by atoms with E-state index in [0.717, 1.165) is 5.92 Å². The van der Waals surface area contributed by atoms with E-state index in [1.807, 2.05) is 6.92 Å². The molecule has 1 fully saturated rings. The Morgan fingerprint density at radius 2 is 1.82 bits per heavy atom. The van der Waals surface area contributed by atoms with Gasteiger partial charge in [0.2, 0.25) is 0 Å². The molecule has 2 heteroatoms. The Bertz CT molecular complexity index is 213. The molecule has 0 heterocycles. The normalized spacial score (nSPS) is 24.6. The highest BCUT2D eigenvalue weighted by Gasteiger charge is 2.26. The van der Waals surface area contributed by atoms with Crippen molar-refractivity contribution in [2.75, 3.05) is 6.61 Å². The molecular weight excluding hydrogens is 212 g/mol. The van der Waals surface area contributed by atoms with Crippen molar-refractivity contribution in [3.05, 3.63) is 0 Å². The van der Waals surface area contributed by atoms with Gasteiger partial charge < -0.3 is 4.74 Å². The Balaban J connectivity index is 2.33. The molecular formula is C15H28O2. The molecule has 0 radical (unpaired) electrons. The maximum atomic E-state index is 11.6. The SMILES string of the molecule is CCCCC[C@H]1CCCC[C@H]1CC(=O)OCC. The molecule has 0 aromatic heterocycles. The topological polar surface area (TPSA) is 26.3 Å². The van der Waals surface area contributed by atoms with Gasteiger partial charge in [-0.05, 0) is 25.2 Å². The first-order valence-corrected chi connectivity index (χ1v) is 7.43. The summed E-state index contributed by atoms with van der Waals surface area (Å²) in [6.45, 7) is 4.65.